The molecule has 146 valence electrons. The maximum atomic E-state index is 12.5. The molecule has 1 aliphatic rings. The third-order valence-electron chi connectivity index (χ3n) is 4.04. The van der Waals surface area contributed by atoms with Crippen molar-refractivity contribution < 1.29 is 16.8 Å². The number of hydrogen-bond acceptors (Lipinski definition) is 6. The lowest BCUT2D eigenvalue weighted by Crippen LogP contribution is -2.51. The van der Waals surface area contributed by atoms with E-state index in [1.165, 1.54) is 11.3 Å². The van der Waals surface area contributed by atoms with Crippen LogP contribution in [0.3, 0.4) is 0 Å². The number of sulfonamides is 2. The van der Waals surface area contributed by atoms with Crippen molar-refractivity contribution in [1.82, 2.24) is 14.8 Å². The van der Waals surface area contributed by atoms with Crippen LogP contribution in [0.25, 0.3) is 0 Å². The Balaban J connectivity index is 0.00000312. The van der Waals surface area contributed by atoms with Gasteiger partial charge in [0.15, 0.2) is 0 Å². The summed E-state index contributed by atoms with van der Waals surface area (Å²) in [5, 5.41) is 3.27. The van der Waals surface area contributed by atoms with Gasteiger partial charge in [-0.3, -0.25) is 0 Å². The van der Waals surface area contributed by atoms with Crippen LogP contribution in [0.1, 0.15) is 31.6 Å². The normalized spacial score (nSPS) is 21.7. The molecule has 1 aromatic rings. The van der Waals surface area contributed by atoms with Crippen LogP contribution in [0.2, 0.25) is 0 Å². The molecule has 25 heavy (non-hydrogen) atoms. The summed E-state index contributed by atoms with van der Waals surface area (Å²) in [5.74, 6) is 0.0363. The Bertz CT molecular complexity index is 749. The van der Waals surface area contributed by atoms with Crippen LogP contribution in [0.4, 0.5) is 0 Å². The second kappa shape index (κ2) is 9.63. The average molecular weight is 432 g/mol. The third-order valence-corrected chi connectivity index (χ3v) is 8.57. The molecule has 1 saturated heterocycles. The van der Waals surface area contributed by atoms with E-state index in [0.717, 1.165) is 24.3 Å². The van der Waals surface area contributed by atoms with Crippen LogP contribution in [0.5, 0.6) is 0 Å². The Hall–Kier alpha value is -0.230. The molecule has 2 heterocycles. The molecule has 1 aromatic heterocycles. The standard InChI is InChI=1S/C14H25N3O4S3.ClH/c1-3-23(18,19)16-10-8-12-6-7-14(22-12)24(20,21)17-13-5-4-9-15-11(13)2;/h6-7,11,13,15-17H,3-5,8-10H2,1-2H3;1H. The van der Waals surface area contributed by atoms with Gasteiger partial charge < -0.3 is 5.32 Å². The highest BCUT2D eigenvalue weighted by Crippen LogP contribution is 2.23. The predicted octanol–water partition coefficient (Wildman–Crippen LogP) is 1.07. The second-order valence-corrected chi connectivity index (χ2v) is 11.1. The highest BCUT2D eigenvalue weighted by molar-refractivity contribution is 7.91. The van der Waals surface area contributed by atoms with E-state index >= 15 is 0 Å². The van der Waals surface area contributed by atoms with Crippen molar-refractivity contribution in [3.05, 3.63) is 17.0 Å². The molecule has 0 radical (unpaired) electrons. The van der Waals surface area contributed by atoms with Gasteiger partial charge in [-0.15, -0.1) is 23.7 Å². The first-order chi connectivity index (χ1) is 11.2. The van der Waals surface area contributed by atoms with E-state index in [1.807, 2.05) is 6.92 Å². The summed E-state index contributed by atoms with van der Waals surface area (Å²) in [6.07, 6.45) is 2.25. The first-order valence-electron chi connectivity index (χ1n) is 8.05. The van der Waals surface area contributed by atoms with Crippen LogP contribution >= 0.6 is 23.7 Å². The summed E-state index contributed by atoms with van der Waals surface area (Å²) in [6, 6.07) is 3.32. The van der Waals surface area contributed by atoms with Crippen molar-refractivity contribution in [2.75, 3.05) is 18.8 Å². The lowest BCUT2D eigenvalue weighted by Gasteiger charge is -2.30. The van der Waals surface area contributed by atoms with Gasteiger partial charge in [0.2, 0.25) is 20.0 Å². The van der Waals surface area contributed by atoms with Crippen molar-refractivity contribution in [2.24, 2.45) is 0 Å². The molecule has 1 fully saturated rings. The molecular formula is C14H26ClN3O4S3. The summed E-state index contributed by atoms with van der Waals surface area (Å²) in [4.78, 5) is 0.837. The molecule has 2 rings (SSSR count). The molecule has 0 bridgehead atoms. The molecule has 7 nitrogen and oxygen atoms in total. The minimum atomic E-state index is -3.54. The minimum Gasteiger partial charge on any atom is -0.313 e. The van der Waals surface area contributed by atoms with Gasteiger partial charge >= 0.3 is 0 Å². The van der Waals surface area contributed by atoms with Crippen LogP contribution in [-0.4, -0.2) is 47.8 Å². The zero-order chi connectivity index (χ0) is 17.8. The topological polar surface area (TPSA) is 104 Å². The molecule has 0 aliphatic carbocycles. The van der Waals surface area contributed by atoms with Crippen molar-refractivity contribution >= 4 is 43.8 Å². The van der Waals surface area contributed by atoms with Crippen molar-refractivity contribution in [3.63, 3.8) is 0 Å². The maximum absolute atomic E-state index is 12.5. The van der Waals surface area contributed by atoms with Crippen LogP contribution < -0.4 is 14.8 Å². The van der Waals surface area contributed by atoms with Gasteiger partial charge in [0, 0.05) is 23.5 Å². The first-order valence-corrected chi connectivity index (χ1v) is 12.0. The van der Waals surface area contributed by atoms with Gasteiger partial charge in [0.25, 0.3) is 0 Å². The third kappa shape index (κ3) is 6.78. The monoisotopic (exact) mass is 431 g/mol. The molecule has 2 atom stereocenters. The van der Waals surface area contributed by atoms with Gasteiger partial charge in [0.1, 0.15) is 4.21 Å². The van der Waals surface area contributed by atoms with Crippen LogP contribution in [-0.2, 0) is 26.5 Å². The fraction of sp³-hybridized carbons (Fsp3) is 0.714. The lowest BCUT2D eigenvalue weighted by molar-refractivity contribution is 0.349. The fourth-order valence-electron chi connectivity index (χ4n) is 2.53. The number of rotatable bonds is 8. The molecule has 0 amide bonds. The number of hydrogen-bond donors (Lipinski definition) is 3. The lowest BCUT2D eigenvalue weighted by atomic mass is 10.0. The summed E-state index contributed by atoms with van der Waals surface area (Å²) >= 11 is 1.18. The van der Waals surface area contributed by atoms with E-state index in [4.69, 9.17) is 0 Å². The summed E-state index contributed by atoms with van der Waals surface area (Å²) in [6.45, 7) is 4.74. The Kier molecular flexibility index (Phi) is 8.79. The Labute approximate surface area is 160 Å². The number of halogens is 1. The highest BCUT2D eigenvalue weighted by Gasteiger charge is 2.27. The Morgan fingerprint density at radius 2 is 2.00 bits per heavy atom. The SMILES string of the molecule is CCS(=O)(=O)NCCc1ccc(S(=O)(=O)NC2CCCNC2C)s1.Cl. The molecule has 11 heteroatoms. The van der Waals surface area contributed by atoms with E-state index in [-0.39, 0.29) is 41.0 Å². The van der Waals surface area contributed by atoms with Gasteiger partial charge in [-0.1, -0.05) is 0 Å². The van der Waals surface area contributed by atoms with Gasteiger partial charge in [-0.25, -0.2) is 26.3 Å². The van der Waals surface area contributed by atoms with Crippen molar-refractivity contribution in [3.8, 4) is 0 Å². The Morgan fingerprint density at radius 1 is 1.28 bits per heavy atom. The van der Waals surface area contributed by atoms with E-state index in [9.17, 15) is 16.8 Å². The Morgan fingerprint density at radius 3 is 2.64 bits per heavy atom. The van der Waals surface area contributed by atoms with Gasteiger partial charge in [-0.05, 0) is 51.8 Å². The van der Waals surface area contributed by atoms with Gasteiger partial charge in [-0.2, -0.15) is 0 Å². The van der Waals surface area contributed by atoms with E-state index in [2.05, 4.69) is 14.8 Å². The molecule has 2 unspecified atom stereocenters. The molecule has 0 aromatic carbocycles. The number of nitrogens with one attached hydrogen (secondary N) is 3. The first kappa shape index (κ1) is 22.8. The summed E-state index contributed by atoms with van der Waals surface area (Å²) < 4.78 is 53.3. The minimum absolute atomic E-state index is 0. The van der Waals surface area contributed by atoms with E-state index in [1.54, 1.807) is 19.1 Å². The maximum Gasteiger partial charge on any atom is 0.250 e. The summed E-state index contributed by atoms with van der Waals surface area (Å²) in [7, 11) is -6.76. The summed E-state index contributed by atoms with van der Waals surface area (Å²) in [5.41, 5.74) is 0. The zero-order valence-electron chi connectivity index (χ0n) is 14.3. The molecule has 3 N–H and O–H groups in total. The molecule has 0 saturated carbocycles. The quantitative estimate of drug-likeness (QED) is 0.571. The van der Waals surface area contributed by atoms with Crippen LogP contribution in [0, 0.1) is 0 Å². The predicted molar refractivity (Wildman–Crippen MR) is 104 cm³/mol. The zero-order valence-corrected chi connectivity index (χ0v) is 17.6. The second-order valence-electron chi connectivity index (χ2n) is 5.88. The smallest absolute Gasteiger partial charge is 0.250 e. The van der Waals surface area contributed by atoms with Crippen LogP contribution in [0.15, 0.2) is 16.3 Å². The van der Waals surface area contributed by atoms with E-state index < -0.39 is 20.0 Å². The number of thiophene rings is 1. The highest BCUT2D eigenvalue weighted by atomic mass is 35.5. The number of piperidine rings is 1. The molecule has 0 spiro atoms. The van der Waals surface area contributed by atoms with Gasteiger partial charge in [0.05, 0.1) is 5.75 Å². The average Bonchev–Trinajstić information content (AvgIpc) is 2.99. The van der Waals surface area contributed by atoms with Crippen molar-refractivity contribution in [1.29, 1.82) is 0 Å². The molecular weight excluding hydrogens is 406 g/mol. The van der Waals surface area contributed by atoms with Crippen molar-refractivity contribution in [2.45, 2.75) is 49.4 Å². The van der Waals surface area contributed by atoms with E-state index in [0.29, 0.717) is 6.42 Å². The fourth-order valence-corrected chi connectivity index (χ4v) is 5.87. The molecule has 1 aliphatic heterocycles. The largest absolute Gasteiger partial charge is 0.313 e.